The lowest BCUT2D eigenvalue weighted by Crippen LogP contribution is -2.48. The van der Waals surface area contributed by atoms with Crippen molar-refractivity contribution in [1.29, 1.82) is 0 Å². The maximum atomic E-state index is 12.7. The van der Waals surface area contributed by atoms with Crippen LogP contribution >= 0.6 is 0 Å². The third-order valence-electron chi connectivity index (χ3n) is 3.26. The number of carbonyl (C=O) groups is 1. The fraction of sp³-hybridized carbons (Fsp3) is 0.500. The van der Waals surface area contributed by atoms with Gasteiger partial charge in [0.05, 0.1) is 19.3 Å². The van der Waals surface area contributed by atoms with Crippen LogP contribution < -0.4 is 11.1 Å². The Morgan fingerprint density at radius 1 is 1.45 bits per heavy atom. The van der Waals surface area contributed by atoms with Crippen molar-refractivity contribution in [2.45, 2.75) is 12.6 Å². The SMILES string of the molecule is NCC1CN(CC(=O)NCc2ccc(F)cc2)CCO1. The van der Waals surface area contributed by atoms with Gasteiger partial charge >= 0.3 is 0 Å². The van der Waals surface area contributed by atoms with E-state index in [1.165, 1.54) is 12.1 Å². The third-order valence-corrected chi connectivity index (χ3v) is 3.26. The van der Waals surface area contributed by atoms with Gasteiger partial charge in [0.25, 0.3) is 0 Å². The van der Waals surface area contributed by atoms with Crippen LogP contribution in [-0.2, 0) is 16.1 Å². The van der Waals surface area contributed by atoms with Crippen molar-refractivity contribution < 1.29 is 13.9 Å². The average Bonchev–Trinajstić information content (AvgIpc) is 2.47. The van der Waals surface area contributed by atoms with E-state index in [2.05, 4.69) is 5.32 Å². The molecule has 1 fully saturated rings. The molecule has 0 aromatic heterocycles. The Morgan fingerprint density at radius 2 is 2.20 bits per heavy atom. The van der Waals surface area contributed by atoms with Gasteiger partial charge in [-0.1, -0.05) is 12.1 Å². The minimum atomic E-state index is -0.277. The first-order valence-electron chi connectivity index (χ1n) is 6.72. The minimum Gasteiger partial charge on any atom is -0.374 e. The van der Waals surface area contributed by atoms with E-state index >= 15 is 0 Å². The lowest BCUT2D eigenvalue weighted by molar-refractivity contribution is -0.124. The number of nitrogens with zero attached hydrogens (tertiary/aromatic N) is 1. The van der Waals surface area contributed by atoms with Crippen LogP contribution in [0.4, 0.5) is 4.39 Å². The molecule has 1 aromatic rings. The fourth-order valence-electron chi connectivity index (χ4n) is 2.13. The van der Waals surface area contributed by atoms with Crippen molar-refractivity contribution in [3.8, 4) is 0 Å². The molecule has 0 aliphatic carbocycles. The standard InChI is InChI=1S/C14H20FN3O2/c15-12-3-1-11(2-4-12)8-17-14(19)10-18-5-6-20-13(7-16)9-18/h1-4,13H,5-10,16H2,(H,17,19). The monoisotopic (exact) mass is 281 g/mol. The van der Waals surface area contributed by atoms with Gasteiger partial charge in [-0.3, -0.25) is 9.69 Å². The summed E-state index contributed by atoms with van der Waals surface area (Å²) in [5.41, 5.74) is 6.44. The normalized spacial score (nSPS) is 19.8. The molecule has 5 nitrogen and oxygen atoms in total. The molecule has 1 atom stereocenters. The highest BCUT2D eigenvalue weighted by atomic mass is 19.1. The Balaban J connectivity index is 1.73. The summed E-state index contributed by atoms with van der Waals surface area (Å²) in [4.78, 5) is 13.9. The summed E-state index contributed by atoms with van der Waals surface area (Å²) in [6.07, 6.45) is 0.00801. The summed E-state index contributed by atoms with van der Waals surface area (Å²) in [6, 6.07) is 6.09. The quantitative estimate of drug-likeness (QED) is 0.803. The van der Waals surface area contributed by atoms with Crippen molar-refractivity contribution in [3.05, 3.63) is 35.6 Å². The third kappa shape index (κ3) is 4.56. The maximum Gasteiger partial charge on any atom is 0.234 e. The first kappa shape index (κ1) is 14.9. The second kappa shape index (κ2) is 7.33. The van der Waals surface area contributed by atoms with Gasteiger partial charge < -0.3 is 15.8 Å². The zero-order valence-corrected chi connectivity index (χ0v) is 11.3. The number of hydrogen-bond donors (Lipinski definition) is 2. The highest BCUT2D eigenvalue weighted by molar-refractivity contribution is 5.78. The highest BCUT2D eigenvalue weighted by Crippen LogP contribution is 2.04. The zero-order chi connectivity index (χ0) is 14.4. The minimum absolute atomic E-state index is 0.00801. The average molecular weight is 281 g/mol. The van der Waals surface area contributed by atoms with Crippen LogP contribution in [0.2, 0.25) is 0 Å². The van der Waals surface area contributed by atoms with Crippen molar-refractivity contribution in [1.82, 2.24) is 10.2 Å². The van der Waals surface area contributed by atoms with Gasteiger partial charge in [0.2, 0.25) is 5.91 Å². The molecule has 0 bridgehead atoms. The van der Waals surface area contributed by atoms with Crippen molar-refractivity contribution in [2.75, 3.05) is 32.8 Å². The number of hydrogen-bond acceptors (Lipinski definition) is 4. The number of nitrogens with two attached hydrogens (primary N) is 1. The Hall–Kier alpha value is -1.50. The lowest BCUT2D eigenvalue weighted by atomic mass is 10.2. The van der Waals surface area contributed by atoms with Gasteiger partial charge in [-0.05, 0) is 17.7 Å². The van der Waals surface area contributed by atoms with Gasteiger partial charge in [-0.2, -0.15) is 0 Å². The number of carbonyl (C=O) groups excluding carboxylic acids is 1. The summed E-state index contributed by atoms with van der Waals surface area (Å²) in [7, 11) is 0. The molecular weight excluding hydrogens is 261 g/mol. The van der Waals surface area contributed by atoms with Crippen LogP contribution in [0, 0.1) is 5.82 Å². The van der Waals surface area contributed by atoms with E-state index in [9.17, 15) is 9.18 Å². The zero-order valence-electron chi connectivity index (χ0n) is 11.3. The Morgan fingerprint density at radius 3 is 2.90 bits per heavy atom. The molecule has 0 spiro atoms. The molecule has 1 aromatic carbocycles. The molecule has 1 amide bonds. The van der Waals surface area contributed by atoms with E-state index in [1.807, 2.05) is 4.90 Å². The number of amides is 1. The summed E-state index contributed by atoms with van der Waals surface area (Å²) in [6.45, 7) is 3.23. The van der Waals surface area contributed by atoms with Crippen molar-refractivity contribution in [2.24, 2.45) is 5.73 Å². The van der Waals surface area contributed by atoms with Crippen LogP contribution in [-0.4, -0.2) is 49.7 Å². The van der Waals surface area contributed by atoms with Crippen LogP contribution in [0.1, 0.15) is 5.56 Å². The molecule has 20 heavy (non-hydrogen) atoms. The summed E-state index contributed by atoms with van der Waals surface area (Å²) < 4.78 is 18.2. The van der Waals surface area contributed by atoms with E-state index in [1.54, 1.807) is 12.1 Å². The summed E-state index contributed by atoms with van der Waals surface area (Å²) in [5, 5.41) is 2.82. The molecule has 2 rings (SSSR count). The van der Waals surface area contributed by atoms with Crippen LogP contribution in [0.3, 0.4) is 0 Å². The highest BCUT2D eigenvalue weighted by Gasteiger charge is 2.20. The van der Waals surface area contributed by atoms with E-state index in [-0.39, 0.29) is 17.8 Å². The van der Waals surface area contributed by atoms with Crippen molar-refractivity contribution in [3.63, 3.8) is 0 Å². The first-order chi connectivity index (χ1) is 9.67. The molecule has 1 heterocycles. The number of ether oxygens (including phenoxy) is 1. The number of benzene rings is 1. The molecule has 1 aliphatic rings. The lowest BCUT2D eigenvalue weighted by Gasteiger charge is -2.31. The molecular formula is C14H20FN3O2. The largest absolute Gasteiger partial charge is 0.374 e. The van der Waals surface area contributed by atoms with Gasteiger partial charge in [-0.25, -0.2) is 4.39 Å². The Labute approximate surface area is 117 Å². The predicted molar refractivity (Wildman–Crippen MR) is 73.5 cm³/mol. The van der Waals surface area contributed by atoms with Crippen LogP contribution in [0.5, 0.6) is 0 Å². The number of halogens is 1. The van der Waals surface area contributed by atoms with E-state index < -0.39 is 0 Å². The molecule has 0 radical (unpaired) electrons. The molecule has 3 N–H and O–H groups in total. The van der Waals surface area contributed by atoms with Crippen LogP contribution in [0.25, 0.3) is 0 Å². The van der Waals surface area contributed by atoms with Crippen LogP contribution in [0.15, 0.2) is 24.3 Å². The molecule has 1 aliphatic heterocycles. The smallest absolute Gasteiger partial charge is 0.234 e. The van der Waals surface area contributed by atoms with Gasteiger partial charge in [-0.15, -0.1) is 0 Å². The Kier molecular flexibility index (Phi) is 5.46. The first-order valence-corrected chi connectivity index (χ1v) is 6.72. The van der Waals surface area contributed by atoms with Gasteiger partial charge in [0, 0.05) is 26.2 Å². The maximum absolute atomic E-state index is 12.7. The second-order valence-corrected chi connectivity index (χ2v) is 4.87. The Bertz CT molecular complexity index is 439. The van der Waals surface area contributed by atoms with Gasteiger partial charge in [0.1, 0.15) is 5.82 Å². The van der Waals surface area contributed by atoms with E-state index in [4.69, 9.17) is 10.5 Å². The topological polar surface area (TPSA) is 67.6 Å². The molecule has 1 unspecified atom stereocenters. The molecule has 0 saturated carbocycles. The molecule has 1 saturated heterocycles. The summed E-state index contributed by atoms with van der Waals surface area (Å²) in [5.74, 6) is -0.326. The van der Waals surface area contributed by atoms with E-state index in [0.717, 1.165) is 12.1 Å². The number of nitrogens with one attached hydrogen (secondary N) is 1. The van der Waals surface area contributed by atoms with E-state index in [0.29, 0.717) is 32.8 Å². The summed E-state index contributed by atoms with van der Waals surface area (Å²) >= 11 is 0. The second-order valence-electron chi connectivity index (χ2n) is 4.87. The molecule has 110 valence electrons. The molecule has 6 heteroatoms. The van der Waals surface area contributed by atoms with Crippen molar-refractivity contribution >= 4 is 5.91 Å². The number of rotatable bonds is 5. The fourth-order valence-corrected chi connectivity index (χ4v) is 2.13. The number of morpholine rings is 1. The van der Waals surface area contributed by atoms with Gasteiger partial charge in [0.15, 0.2) is 0 Å². The predicted octanol–water partition coefficient (Wildman–Crippen LogP) is 0.101.